The highest BCUT2D eigenvalue weighted by Gasteiger charge is 2.41. The second kappa shape index (κ2) is 10.9. The predicted octanol–water partition coefficient (Wildman–Crippen LogP) is 5.97. The van der Waals surface area contributed by atoms with E-state index in [1.807, 2.05) is 37.3 Å². The number of aryl methyl sites for hydroxylation is 2. The fourth-order valence-corrected chi connectivity index (χ4v) is 8.34. The maximum atomic E-state index is 13.1. The number of piperidine rings is 1. The molecule has 2 fully saturated rings. The number of hydrogen-bond donors (Lipinski definition) is 1. The third-order valence-corrected chi connectivity index (χ3v) is 10.5. The Morgan fingerprint density at radius 2 is 1.54 bits per heavy atom. The first-order chi connectivity index (χ1) is 18.9. The summed E-state index contributed by atoms with van der Waals surface area (Å²) in [5.74, 6) is 1.22. The van der Waals surface area contributed by atoms with Gasteiger partial charge in [-0.05, 0) is 87.7 Å². The molecule has 2 unspecified atom stereocenters. The SMILES string of the molecule is Cc1ccccc1S(=O)(=O)NCC(CCN1[C@@H]2CC[C@H]1CC(n1c(C)nc3ccccc31)C2)c1ccccc1. The van der Waals surface area contributed by atoms with E-state index >= 15 is 0 Å². The molecule has 2 aliphatic heterocycles. The van der Waals surface area contributed by atoms with Crippen LogP contribution in [0.5, 0.6) is 0 Å². The van der Waals surface area contributed by atoms with Crippen LogP contribution in [0, 0.1) is 13.8 Å². The number of fused-ring (bicyclic) bond motifs is 3. The molecule has 204 valence electrons. The third-order valence-electron chi connectivity index (χ3n) is 8.91. The van der Waals surface area contributed by atoms with Crippen molar-refractivity contribution >= 4 is 21.1 Å². The van der Waals surface area contributed by atoms with Gasteiger partial charge in [0.15, 0.2) is 0 Å². The van der Waals surface area contributed by atoms with Crippen molar-refractivity contribution in [1.29, 1.82) is 0 Å². The van der Waals surface area contributed by atoms with Gasteiger partial charge in [-0.25, -0.2) is 18.1 Å². The maximum absolute atomic E-state index is 13.1. The van der Waals surface area contributed by atoms with Crippen molar-refractivity contribution in [2.75, 3.05) is 13.1 Å². The Kier molecular flexibility index (Phi) is 7.31. The molecule has 2 saturated heterocycles. The summed E-state index contributed by atoms with van der Waals surface area (Å²) in [5, 5.41) is 0. The molecule has 1 aromatic heterocycles. The molecule has 2 aliphatic rings. The molecule has 6 rings (SSSR count). The van der Waals surface area contributed by atoms with Gasteiger partial charge in [-0.1, -0.05) is 60.7 Å². The quantitative estimate of drug-likeness (QED) is 0.283. The van der Waals surface area contributed by atoms with Crippen LogP contribution in [0.3, 0.4) is 0 Å². The van der Waals surface area contributed by atoms with E-state index in [4.69, 9.17) is 4.98 Å². The summed E-state index contributed by atoms with van der Waals surface area (Å²) in [6, 6.07) is 27.6. The number of hydrogen-bond acceptors (Lipinski definition) is 4. The minimum atomic E-state index is -3.57. The molecule has 4 aromatic rings. The van der Waals surface area contributed by atoms with Crippen molar-refractivity contribution in [2.45, 2.75) is 74.9 Å². The molecule has 2 bridgehead atoms. The first kappa shape index (κ1) is 26.2. The van der Waals surface area contributed by atoms with E-state index in [1.54, 1.807) is 12.1 Å². The summed E-state index contributed by atoms with van der Waals surface area (Å²) < 4.78 is 31.7. The number of imidazole rings is 1. The molecule has 0 amide bonds. The lowest BCUT2D eigenvalue weighted by Gasteiger charge is -2.40. The van der Waals surface area contributed by atoms with Crippen LogP contribution in [-0.4, -0.2) is 48.0 Å². The van der Waals surface area contributed by atoms with Gasteiger partial charge in [0.1, 0.15) is 5.82 Å². The summed E-state index contributed by atoms with van der Waals surface area (Å²) >= 11 is 0. The van der Waals surface area contributed by atoms with Gasteiger partial charge >= 0.3 is 0 Å². The number of rotatable bonds is 9. The summed E-state index contributed by atoms with van der Waals surface area (Å²) in [5.41, 5.74) is 4.29. The Bertz CT molecular complexity index is 1530. The molecule has 4 atom stereocenters. The van der Waals surface area contributed by atoms with E-state index in [2.05, 4.69) is 57.5 Å². The number of para-hydroxylation sites is 2. The van der Waals surface area contributed by atoms with E-state index in [9.17, 15) is 8.42 Å². The first-order valence-electron chi connectivity index (χ1n) is 14.2. The van der Waals surface area contributed by atoms with Gasteiger partial charge in [-0.2, -0.15) is 0 Å². The maximum Gasteiger partial charge on any atom is 0.240 e. The van der Waals surface area contributed by atoms with Crippen molar-refractivity contribution in [2.24, 2.45) is 0 Å². The largest absolute Gasteiger partial charge is 0.325 e. The van der Waals surface area contributed by atoms with Crippen LogP contribution in [0.1, 0.15) is 61.0 Å². The van der Waals surface area contributed by atoms with Crippen LogP contribution in [0.4, 0.5) is 0 Å². The van der Waals surface area contributed by atoms with Gasteiger partial charge in [-0.3, -0.25) is 4.90 Å². The molecular formula is C32H38N4O2S. The van der Waals surface area contributed by atoms with Crippen LogP contribution in [0.25, 0.3) is 11.0 Å². The Hall–Kier alpha value is -3.00. The molecule has 0 saturated carbocycles. The summed E-state index contributed by atoms with van der Waals surface area (Å²) in [6.07, 6.45) is 5.69. The second-order valence-electron chi connectivity index (χ2n) is 11.3. The Morgan fingerprint density at radius 1 is 0.872 bits per heavy atom. The average Bonchev–Trinajstić information content (AvgIpc) is 3.39. The average molecular weight is 543 g/mol. The molecule has 3 heterocycles. The van der Waals surface area contributed by atoms with Crippen molar-refractivity contribution in [3.63, 3.8) is 0 Å². The highest BCUT2D eigenvalue weighted by atomic mass is 32.2. The lowest BCUT2D eigenvalue weighted by molar-refractivity contribution is 0.104. The van der Waals surface area contributed by atoms with Crippen molar-refractivity contribution in [1.82, 2.24) is 19.2 Å². The Balaban J connectivity index is 1.16. The number of benzene rings is 3. The minimum absolute atomic E-state index is 0.113. The Labute approximate surface area is 232 Å². The predicted molar refractivity (Wildman–Crippen MR) is 156 cm³/mol. The van der Waals surface area contributed by atoms with Crippen LogP contribution >= 0.6 is 0 Å². The molecule has 0 spiro atoms. The molecule has 0 aliphatic carbocycles. The van der Waals surface area contributed by atoms with Gasteiger partial charge in [0, 0.05) is 24.7 Å². The summed E-state index contributed by atoms with van der Waals surface area (Å²) in [6.45, 7) is 5.36. The number of nitrogens with one attached hydrogen (secondary N) is 1. The number of nitrogens with zero attached hydrogens (tertiary/aromatic N) is 3. The van der Waals surface area contributed by atoms with Gasteiger partial charge in [-0.15, -0.1) is 0 Å². The van der Waals surface area contributed by atoms with Gasteiger partial charge in [0.05, 0.1) is 15.9 Å². The fourth-order valence-electron chi connectivity index (χ4n) is 7.01. The normalized spacial score (nSPS) is 22.4. The third kappa shape index (κ3) is 5.28. The van der Waals surface area contributed by atoms with Crippen LogP contribution < -0.4 is 4.72 Å². The monoisotopic (exact) mass is 542 g/mol. The molecular weight excluding hydrogens is 504 g/mol. The minimum Gasteiger partial charge on any atom is -0.325 e. The standard InChI is InChI=1S/C32H38N4O2S/c1-23-10-6-9-15-32(23)39(37,38)33-22-26(25-11-4-3-5-12-25)18-19-35-27-16-17-28(35)21-29(20-27)36-24(2)34-30-13-7-8-14-31(30)36/h3-15,26-29,33H,16-22H2,1-2H3/t26?,27-,28+,29?. The zero-order chi connectivity index (χ0) is 27.0. The van der Waals surface area contributed by atoms with Crippen LogP contribution in [0.15, 0.2) is 83.8 Å². The molecule has 39 heavy (non-hydrogen) atoms. The topological polar surface area (TPSA) is 67.2 Å². The Morgan fingerprint density at radius 3 is 2.28 bits per heavy atom. The van der Waals surface area contributed by atoms with Gasteiger partial charge in [0.2, 0.25) is 10.0 Å². The van der Waals surface area contributed by atoms with Crippen molar-refractivity contribution < 1.29 is 8.42 Å². The molecule has 1 N–H and O–H groups in total. The zero-order valence-electron chi connectivity index (χ0n) is 22.8. The lowest BCUT2D eigenvalue weighted by atomic mass is 9.93. The second-order valence-corrected chi connectivity index (χ2v) is 13.0. The highest BCUT2D eigenvalue weighted by molar-refractivity contribution is 7.89. The number of aromatic nitrogens is 2. The van der Waals surface area contributed by atoms with E-state index < -0.39 is 10.0 Å². The molecule has 0 radical (unpaired) electrons. The lowest BCUT2D eigenvalue weighted by Crippen LogP contribution is -2.44. The molecule has 7 heteroatoms. The van der Waals surface area contributed by atoms with Gasteiger partial charge in [0.25, 0.3) is 0 Å². The van der Waals surface area contributed by atoms with Crippen molar-refractivity contribution in [3.8, 4) is 0 Å². The van der Waals surface area contributed by atoms with E-state index in [0.717, 1.165) is 42.7 Å². The van der Waals surface area contributed by atoms with Gasteiger partial charge < -0.3 is 4.57 Å². The molecule has 3 aromatic carbocycles. The smallest absolute Gasteiger partial charge is 0.240 e. The van der Waals surface area contributed by atoms with Crippen molar-refractivity contribution in [3.05, 3.63) is 95.8 Å². The summed E-state index contributed by atoms with van der Waals surface area (Å²) in [7, 11) is -3.57. The van der Waals surface area contributed by atoms with E-state index in [1.165, 1.54) is 23.9 Å². The summed E-state index contributed by atoms with van der Waals surface area (Å²) in [4.78, 5) is 7.91. The van der Waals surface area contributed by atoms with Crippen LogP contribution in [-0.2, 0) is 10.0 Å². The van der Waals surface area contributed by atoms with Crippen LogP contribution in [0.2, 0.25) is 0 Å². The fraction of sp³-hybridized carbons (Fsp3) is 0.406. The first-order valence-corrected chi connectivity index (χ1v) is 15.7. The molecule has 6 nitrogen and oxygen atoms in total. The number of sulfonamides is 1. The van der Waals surface area contributed by atoms with E-state index in [-0.39, 0.29) is 5.92 Å². The zero-order valence-corrected chi connectivity index (χ0v) is 23.6. The van der Waals surface area contributed by atoms with E-state index in [0.29, 0.717) is 29.6 Å². The highest BCUT2D eigenvalue weighted by Crippen LogP contribution is 2.42.